The summed E-state index contributed by atoms with van der Waals surface area (Å²) in [5, 5.41) is 0. The Morgan fingerprint density at radius 2 is 1.14 bits per heavy atom. The number of rotatable bonds is 4. The number of anilines is 1. The Kier molecular flexibility index (Phi) is 4.14. The number of alkyl halides is 9. The molecule has 0 radical (unpaired) electrons. The van der Waals surface area contributed by atoms with Crippen LogP contribution in [-0.2, 0) is 0 Å². The van der Waals surface area contributed by atoms with E-state index in [1.807, 2.05) is 0 Å². The van der Waals surface area contributed by atoms with Crippen LogP contribution in [-0.4, -0.2) is 31.1 Å². The smallest absolute Gasteiger partial charge is 0.311 e. The fraction of sp³-hybridized carbons (Fsp3) is 0.455. The predicted octanol–water partition coefficient (Wildman–Crippen LogP) is 4.55. The van der Waals surface area contributed by atoms with Crippen LogP contribution in [0.3, 0.4) is 0 Å². The molecule has 0 aromatic heterocycles. The van der Waals surface area contributed by atoms with Gasteiger partial charge < -0.3 is 4.90 Å². The summed E-state index contributed by atoms with van der Waals surface area (Å²) in [7, 11) is 0.287. The van der Waals surface area contributed by atoms with Crippen molar-refractivity contribution in [3.05, 3.63) is 30.3 Å². The molecule has 10 heteroatoms. The van der Waals surface area contributed by atoms with E-state index in [0.717, 1.165) is 24.3 Å². The van der Waals surface area contributed by atoms with Crippen LogP contribution in [0, 0.1) is 0 Å². The molecule has 1 rings (SSSR count). The van der Waals surface area contributed by atoms with E-state index in [4.69, 9.17) is 0 Å². The van der Waals surface area contributed by atoms with Crippen molar-refractivity contribution in [3.63, 3.8) is 0 Å². The van der Waals surface area contributed by atoms with E-state index < -0.39 is 34.7 Å². The Balaban J connectivity index is 3.28. The fourth-order valence-electron chi connectivity index (χ4n) is 1.39. The van der Waals surface area contributed by atoms with Gasteiger partial charge in [0.2, 0.25) is 0 Å². The summed E-state index contributed by atoms with van der Waals surface area (Å²) < 4.78 is 115. The van der Waals surface area contributed by atoms with Crippen molar-refractivity contribution in [2.45, 2.75) is 24.1 Å². The second-order valence-corrected chi connectivity index (χ2v) is 4.08. The molecule has 1 aromatic carbocycles. The molecule has 0 bridgehead atoms. The van der Waals surface area contributed by atoms with Crippen molar-refractivity contribution in [1.82, 2.24) is 0 Å². The van der Waals surface area contributed by atoms with Crippen LogP contribution in [0.5, 0.6) is 0 Å². The van der Waals surface area contributed by atoms with E-state index in [1.165, 1.54) is 6.07 Å². The van der Waals surface area contributed by atoms with Gasteiger partial charge in [0, 0.05) is 12.7 Å². The lowest BCUT2D eigenvalue weighted by Crippen LogP contribution is -2.66. The summed E-state index contributed by atoms with van der Waals surface area (Å²) in [6.07, 6.45) is -6.82. The molecule has 1 nitrogen and oxygen atoms in total. The number of halogens is 9. The summed E-state index contributed by atoms with van der Waals surface area (Å²) >= 11 is 0. The molecule has 21 heavy (non-hydrogen) atoms. The largest absolute Gasteiger partial charge is 0.460 e. The summed E-state index contributed by atoms with van der Waals surface area (Å²) in [5.41, 5.74) is -0.653. The molecule has 0 N–H and O–H groups in total. The van der Waals surface area contributed by atoms with Crippen LogP contribution in [0.1, 0.15) is 0 Å². The molecule has 0 aliphatic heterocycles. The SMILES string of the molecule is CN(c1ccccc1)C(F)(F)C(F)(F)C(F)(F)C(F)(F)F. The number of hydrogen-bond donors (Lipinski definition) is 0. The number of benzene rings is 1. The van der Waals surface area contributed by atoms with Gasteiger partial charge in [-0.1, -0.05) is 18.2 Å². The van der Waals surface area contributed by atoms with Gasteiger partial charge in [0.05, 0.1) is 0 Å². The van der Waals surface area contributed by atoms with E-state index in [9.17, 15) is 39.5 Å². The summed E-state index contributed by atoms with van der Waals surface area (Å²) in [6.45, 7) is 0. The van der Waals surface area contributed by atoms with E-state index >= 15 is 0 Å². The van der Waals surface area contributed by atoms with Crippen LogP contribution >= 0.6 is 0 Å². The van der Waals surface area contributed by atoms with Crippen LogP contribution in [0.15, 0.2) is 30.3 Å². The summed E-state index contributed by atoms with van der Waals surface area (Å²) in [6, 6.07) is -0.485. The summed E-state index contributed by atoms with van der Waals surface area (Å²) in [4.78, 5) is -0.632. The third-order valence-corrected chi connectivity index (χ3v) is 2.69. The third kappa shape index (κ3) is 2.62. The molecular weight excluding hydrogens is 317 g/mol. The van der Waals surface area contributed by atoms with Gasteiger partial charge in [-0.3, -0.25) is 0 Å². The first-order valence-corrected chi connectivity index (χ1v) is 5.26. The fourth-order valence-corrected chi connectivity index (χ4v) is 1.39. The van der Waals surface area contributed by atoms with Crippen LogP contribution in [0.25, 0.3) is 0 Å². The highest BCUT2D eigenvalue weighted by Crippen LogP contribution is 2.54. The standard InChI is InChI=1S/C11H8F9N/c1-21(7-5-3-2-4-6-7)11(19,20)9(14,15)8(12,13)10(16,17)18/h2-6H,1H3. The second-order valence-electron chi connectivity index (χ2n) is 4.08. The zero-order chi connectivity index (χ0) is 16.7. The van der Waals surface area contributed by atoms with Crippen LogP contribution in [0.4, 0.5) is 45.2 Å². The highest BCUT2D eigenvalue weighted by atomic mass is 19.4. The number of nitrogens with zero attached hydrogens (tertiary/aromatic N) is 1. The lowest BCUT2D eigenvalue weighted by Gasteiger charge is -2.38. The van der Waals surface area contributed by atoms with Gasteiger partial charge in [-0.15, -0.1) is 0 Å². The molecule has 0 aliphatic carbocycles. The normalized spacial score (nSPS) is 14.2. The van der Waals surface area contributed by atoms with Gasteiger partial charge in [0.1, 0.15) is 0 Å². The zero-order valence-corrected chi connectivity index (χ0v) is 10.2. The van der Waals surface area contributed by atoms with Crippen molar-refractivity contribution in [3.8, 4) is 0 Å². The molecule has 1 aromatic rings. The van der Waals surface area contributed by atoms with Gasteiger partial charge in [0.15, 0.2) is 0 Å². The van der Waals surface area contributed by atoms with Gasteiger partial charge in [0.25, 0.3) is 0 Å². The Bertz CT molecular complexity index is 480. The van der Waals surface area contributed by atoms with Gasteiger partial charge in [-0.25, -0.2) is 0 Å². The first kappa shape index (κ1) is 17.4. The molecule has 0 heterocycles. The molecule has 120 valence electrons. The van der Waals surface area contributed by atoms with E-state index in [2.05, 4.69) is 0 Å². The van der Waals surface area contributed by atoms with Crippen molar-refractivity contribution in [1.29, 1.82) is 0 Å². The first-order valence-electron chi connectivity index (χ1n) is 5.26. The van der Waals surface area contributed by atoms with E-state index in [1.54, 1.807) is 0 Å². The average Bonchev–Trinajstić information content (AvgIpc) is 2.37. The molecule has 0 atom stereocenters. The maximum absolute atomic E-state index is 13.5. The topological polar surface area (TPSA) is 3.24 Å². The quantitative estimate of drug-likeness (QED) is 0.580. The van der Waals surface area contributed by atoms with Gasteiger partial charge in [-0.2, -0.15) is 39.5 Å². The molecule has 0 unspecified atom stereocenters. The maximum Gasteiger partial charge on any atom is 0.460 e. The van der Waals surface area contributed by atoms with Crippen LogP contribution < -0.4 is 4.90 Å². The Hall–Kier alpha value is -1.61. The van der Waals surface area contributed by atoms with Crippen molar-refractivity contribution >= 4 is 5.69 Å². The highest BCUT2D eigenvalue weighted by Gasteiger charge is 2.83. The van der Waals surface area contributed by atoms with Crippen molar-refractivity contribution in [2.24, 2.45) is 0 Å². The van der Waals surface area contributed by atoms with Gasteiger partial charge >= 0.3 is 24.1 Å². The van der Waals surface area contributed by atoms with E-state index in [0.29, 0.717) is 0 Å². The second kappa shape index (κ2) is 4.99. The average molecular weight is 325 g/mol. The first-order chi connectivity index (χ1) is 9.27. The summed E-state index contributed by atoms with van der Waals surface area (Å²) in [5.74, 6) is -13.6. The Morgan fingerprint density at radius 3 is 1.52 bits per heavy atom. The molecule has 0 fully saturated rings. The minimum atomic E-state index is -6.90. The lowest BCUT2D eigenvalue weighted by molar-refractivity contribution is -0.395. The zero-order valence-electron chi connectivity index (χ0n) is 10.2. The predicted molar refractivity (Wildman–Crippen MR) is 55.7 cm³/mol. The number of hydrogen-bond acceptors (Lipinski definition) is 1. The molecule has 0 spiro atoms. The lowest BCUT2D eigenvalue weighted by atomic mass is 10.1. The minimum Gasteiger partial charge on any atom is -0.311 e. The third-order valence-electron chi connectivity index (χ3n) is 2.69. The van der Waals surface area contributed by atoms with Gasteiger partial charge in [-0.05, 0) is 12.1 Å². The highest BCUT2D eigenvalue weighted by molar-refractivity contribution is 5.47. The Morgan fingerprint density at radius 1 is 0.714 bits per heavy atom. The van der Waals surface area contributed by atoms with Crippen molar-refractivity contribution < 1.29 is 39.5 Å². The minimum absolute atomic E-state index is 0.287. The maximum atomic E-state index is 13.5. The molecule has 0 saturated carbocycles. The molecular formula is C11H8F9N. The van der Waals surface area contributed by atoms with Crippen molar-refractivity contribution in [2.75, 3.05) is 11.9 Å². The Labute approximate surface area is 113 Å². The molecule has 0 amide bonds. The molecule has 0 aliphatic rings. The molecule has 0 saturated heterocycles. The van der Waals surface area contributed by atoms with E-state index in [-0.39, 0.29) is 7.05 Å². The number of para-hydroxylation sites is 1. The monoisotopic (exact) mass is 325 g/mol. The van der Waals surface area contributed by atoms with Crippen LogP contribution in [0.2, 0.25) is 0 Å².